The van der Waals surface area contributed by atoms with Crippen molar-refractivity contribution in [3.8, 4) is 11.5 Å². The number of amides is 3. The number of benzene rings is 2. The first-order valence-electron chi connectivity index (χ1n) is 11.8. The average molecular weight is 496 g/mol. The van der Waals surface area contributed by atoms with Gasteiger partial charge in [0.05, 0.1) is 0 Å². The van der Waals surface area contributed by atoms with Crippen LogP contribution in [0.1, 0.15) is 48.0 Å². The molecule has 0 spiro atoms. The lowest BCUT2D eigenvalue weighted by Gasteiger charge is -2.29. The lowest BCUT2D eigenvalue weighted by atomic mass is 9.94. The Morgan fingerprint density at radius 1 is 0.943 bits per heavy atom. The van der Waals surface area contributed by atoms with Crippen LogP contribution in [0.3, 0.4) is 0 Å². The highest BCUT2D eigenvalue weighted by molar-refractivity contribution is 6.47. The Morgan fingerprint density at radius 3 is 2.40 bits per heavy atom. The molecule has 2 aromatic carbocycles. The Bertz CT molecular complexity index is 1190. The van der Waals surface area contributed by atoms with Gasteiger partial charge < -0.3 is 20.1 Å². The Morgan fingerprint density at radius 2 is 1.66 bits per heavy atom. The highest BCUT2D eigenvalue weighted by Crippen LogP contribution is 2.33. The van der Waals surface area contributed by atoms with Crippen molar-refractivity contribution in [3.63, 3.8) is 0 Å². The maximum absolute atomic E-state index is 12.9. The number of hydrogen-bond donors (Lipinski definition) is 2. The van der Waals surface area contributed by atoms with Crippen LogP contribution in [0.2, 0.25) is 0 Å². The van der Waals surface area contributed by atoms with E-state index in [2.05, 4.69) is 10.6 Å². The number of imide groups is 1. The fourth-order valence-electron chi connectivity index (χ4n) is 4.63. The van der Waals surface area contributed by atoms with Crippen molar-refractivity contribution in [2.75, 3.05) is 18.5 Å². The number of hydrogen-bond acceptors (Lipinski definition) is 6. The second-order valence-corrected chi connectivity index (χ2v) is 9.20. The zero-order valence-electron chi connectivity index (χ0n) is 19.1. The van der Waals surface area contributed by atoms with E-state index in [0.29, 0.717) is 42.5 Å². The molecular formula is C26H26ClN3O5. The SMILES string of the molecule is O=C(Nc1ccc2c(c1)OCCO2)c1ccc(CNC2=C(Cl)C(=O)N(C3CCCCC3)C2=O)cc1. The molecule has 2 heterocycles. The number of nitrogens with one attached hydrogen (secondary N) is 2. The van der Waals surface area contributed by atoms with Gasteiger partial charge in [-0.25, -0.2) is 0 Å². The summed E-state index contributed by atoms with van der Waals surface area (Å²) < 4.78 is 11.1. The number of anilines is 1. The van der Waals surface area contributed by atoms with Crippen molar-refractivity contribution in [2.45, 2.75) is 44.7 Å². The Kier molecular flexibility index (Phi) is 6.63. The summed E-state index contributed by atoms with van der Waals surface area (Å²) in [5, 5.41) is 5.82. The fraction of sp³-hybridized carbons (Fsp3) is 0.346. The van der Waals surface area contributed by atoms with Gasteiger partial charge >= 0.3 is 0 Å². The molecule has 3 aliphatic rings. The predicted octanol–water partition coefficient (Wildman–Crippen LogP) is 3.95. The highest BCUT2D eigenvalue weighted by atomic mass is 35.5. The largest absolute Gasteiger partial charge is 0.486 e. The van der Waals surface area contributed by atoms with Crippen molar-refractivity contribution < 1.29 is 23.9 Å². The summed E-state index contributed by atoms with van der Waals surface area (Å²) in [6, 6.07) is 12.2. The molecule has 0 bridgehead atoms. The zero-order chi connectivity index (χ0) is 24.4. The van der Waals surface area contributed by atoms with Crippen LogP contribution < -0.4 is 20.1 Å². The predicted molar refractivity (Wildman–Crippen MR) is 130 cm³/mol. The third-order valence-electron chi connectivity index (χ3n) is 6.48. The third-order valence-corrected chi connectivity index (χ3v) is 6.83. The average Bonchev–Trinajstić information content (AvgIpc) is 3.10. The van der Waals surface area contributed by atoms with Gasteiger partial charge in [0, 0.05) is 29.9 Å². The third kappa shape index (κ3) is 4.84. The lowest BCUT2D eigenvalue weighted by Crippen LogP contribution is -2.43. The van der Waals surface area contributed by atoms with E-state index in [1.807, 2.05) is 0 Å². The maximum Gasteiger partial charge on any atom is 0.278 e. The summed E-state index contributed by atoms with van der Waals surface area (Å²) in [5.74, 6) is 0.224. The topological polar surface area (TPSA) is 97.0 Å². The van der Waals surface area contributed by atoms with Crippen LogP contribution in [-0.4, -0.2) is 41.9 Å². The minimum atomic E-state index is -0.419. The minimum absolute atomic E-state index is 0.0593. The summed E-state index contributed by atoms with van der Waals surface area (Å²) in [7, 11) is 0. The molecule has 2 aliphatic heterocycles. The first-order valence-corrected chi connectivity index (χ1v) is 12.2. The second-order valence-electron chi connectivity index (χ2n) is 8.82. The molecule has 35 heavy (non-hydrogen) atoms. The summed E-state index contributed by atoms with van der Waals surface area (Å²) in [6.45, 7) is 1.28. The van der Waals surface area contributed by atoms with Gasteiger partial charge in [0.1, 0.15) is 23.9 Å². The number of carbonyl (C=O) groups is 3. The molecule has 182 valence electrons. The van der Waals surface area contributed by atoms with Crippen LogP contribution in [0.25, 0.3) is 0 Å². The Labute approximate surface area is 208 Å². The number of carbonyl (C=O) groups excluding carboxylic acids is 3. The van der Waals surface area contributed by atoms with Gasteiger partial charge in [-0.1, -0.05) is 43.0 Å². The molecule has 0 radical (unpaired) electrons. The molecule has 0 atom stereocenters. The van der Waals surface area contributed by atoms with Crippen LogP contribution in [0.15, 0.2) is 53.2 Å². The van der Waals surface area contributed by atoms with Crippen LogP contribution >= 0.6 is 11.6 Å². The van der Waals surface area contributed by atoms with Gasteiger partial charge in [0.25, 0.3) is 17.7 Å². The number of halogens is 1. The van der Waals surface area contributed by atoms with Gasteiger partial charge in [0.15, 0.2) is 11.5 Å². The standard InChI is InChI=1S/C26H26ClN3O5/c27-22-23(26(33)30(25(22)32)19-4-2-1-3-5-19)28-15-16-6-8-17(9-7-16)24(31)29-18-10-11-20-21(14-18)35-13-12-34-20/h6-11,14,19,28H,1-5,12-13,15H2,(H,29,31). The van der Waals surface area contributed by atoms with E-state index < -0.39 is 5.91 Å². The minimum Gasteiger partial charge on any atom is -0.486 e. The molecule has 0 aromatic heterocycles. The normalized spacial score (nSPS) is 18.1. The van der Waals surface area contributed by atoms with Crippen molar-refractivity contribution >= 4 is 35.0 Å². The molecule has 0 unspecified atom stereocenters. The summed E-state index contributed by atoms with van der Waals surface area (Å²) >= 11 is 6.23. The van der Waals surface area contributed by atoms with Gasteiger partial charge in [-0.05, 0) is 42.7 Å². The van der Waals surface area contributed by atoms with E-state index in [1.165, 1.54) is 4.90 Å². The Balaban J connectivity index is 1.19. The number of ether oxygens (including phenoxy) is 2. The van der Waals surface area contributed by atoms with Crippen molar-refractivity contribution in [1.29, 1.82) is 0 Å². The van der Waals surface area contributed by atoms with Gasteiger partial charge in [-0.3, -0.25) is 19.3 Å². The first-order chi connectivity index (χ1) is 17.0. The van der Waals surface area contributed by atoms with E-state index in [-0.39, 0.29) is 28.6 Å². The zero-order valence-corrected chi connectivity index (χ0v) is 19.9. The van der Waals surface area contributed by atoms with Crippen molar-refractivity contribution in [1.82, 2.24) is 10.2 Å². The molecule has 8 nitrogen and oxygen atoms in total. The van der Waals surface area contributed by atoms with E-state index in [9.17, 15) is 14.4 Å². The van der Waals surface area contributed by atoms with Crippen LogP contribution in [0.5, 0.6) is 11.5 Å². The first kappa shape index (κ1) is 23.2. The van der Waals surface area contributed by atoms with E-state index in [1.54, 1.807) is 42.5 Å². The van der Waals surface area contributed by atoms with Crippen molar-refractivity contribution in [3.05, 3.63) is 64.3 Å². The van der Waals surface area contributed by atoms with Crippen molar-refractivity contribution in [2.24, 2.45) is 0 Å². The molecule has 0 saturated heterocycles. The van der Waals surface area contributed by atoms with Gasteiger partial charge in [0.2, 0.25) is 0 Å². The molecule has 1 fully saturated rings. The van der Waals surface area contributed by atoms with E-state index in [0.717, 1.165) is 37.7 Å². The number of fused-ring (bicyclic) bond motifs is 1. The Hall–Kier alpha value is -3.52. The fourth-order valence-corrected chi connectivity index (χ4v) is 4.87. The molecule has 5 rings (SSSR count). The highest BCUT2D eigenvalue weighted by Gasteiger charge is 2.41. The quantitative estimate of drug-likeness (QED) is 0.589. The van der Waals surface area contributed by atoms with E-state index in [4.69, 9.17) is 21.1 Å². The number of rotatable bonds is 6. The smallest absolute Gasteiger partial charge is 0.278 e. The maximum atomic E-state index is 12.9. The number of nitrogens with zero attached hydrogens (tertiary/aromatic N) is 1. The molecule has 1 aliphatic carbocycles. The molecule has 1 saturated carbocycles. The molecule has 9 heteroatoms. The monoisotopic (exact) mass is 495 g/mol. The summed E-state index contributed by atoms with van der Waals surface area (Å²) in [5.41, 5.74) is 2.08. The summed E-state index contributed by atoms with van der Waals surface area (Å²) in [6.07, 6.45) is 4.80. The molecule has 3 amide bonds. The molecule has 2 N–H and O–H groups in total. The van der Waals surface area contributed by atoms with E-state index >= 15 is 0 Å². The van der Waals surface area contributed by atoms with Crippen LogP contribution in [0.4, 0.5) is 5.69 Å². The molecular weight excluding hydrogens is 470 g/mol. The van der Waals surface area contributed by atoms with Crippen LogP contribution in [0, 0.1) is 0 Å². The molecule has 2 aromatic rings. The van der Waals surface area contributed by atoms with Gasteiger partial charge in [-0.15, -0.1) is 0 Å². The lowest BCUT2D eigenvalue weighted by molar-refractivity contribution is -0.140. The van der Waals surface area contributed by atoms with Gasteiger partial charge in [-0.2, -0.15) is 0 Å². The second kappa shape index (κ2) is 10.00. The summed E-state index contributed by atoms with van der Waals surface area (Å²) in [4.78, 5) is 39.5. The van der Waals surface area contributed by atoms with Crippen LogP contribution in [-0.2, 0) is 16.1 Å².